The molecule has 0 spiro atoms. The maximum Gasteiger partial charge on any atom is 0.363 e. The number of ether oxygens (including phenoxy) is 2. The molecule has 0 aliphatic carbocycles. The summed E-state index contributed by atoms with van der Waals surface area (Å²) in [4.78, 5) is 16.4. The first-order valence-corrected chi connectivity index (χ1v) is 8.96. The van der Waals surface area contributed by atoms with Crippen LogP contribution in [-0.2, 0) is 9.53 Å². The summed E-state index contributed by atoms with van der Waals surface area (Å²) in [6.07, 6.45) is 3.85. The van der Waals surface area contributed by atoms with E-state index in [9.17, 15) is 4.79 Å². The van der Waals surface area contributed by atoms with Crippen molar-refractivity contribution in [3.8, 4) is 5.75 Å². The first-order valence-electron chi connectivity index (χ1n) is 8.17. The molecule has 25 heavy (non-hydrogen) atoms. The van der Waals surface area contributed by atoms with Crippen LogP contribution in [0.25, 0.3) is 6.08 Å². The Kier molecular flexibility index (Phi) is 5.66. The van der Waals surface area contributed by atoms with Crippen molar-refractivity contribution in [1.29, 1.82) is 0 Å². The van der Waals surface area contributed by atoms with Crippen LogP contribution >= 0.6 is 15.9 Å². The Bertz CT molecular complexity index is 825. The predicted octanol–water partition coefficient (Wildman–Crippen LogP) is 4.97. The fourth-order valence-corrected chi connectivity index (χ4v) is 2.71. The van der Waals surface area contributed by atoms with Crippen LogP contribution in [0.15, 0.2) is 63.7 Å². The molecule has 3 rings (SSSR count). The van der Waals surface area contributed by atoms with Gasteiger partial charge in [-0.05, 0) is 48.4 Å². The molecule has 0 unspecified atom stereocenters. The van der Waals surface area contributed by atoms with E-state index in [0.29, 0.717) is 12.5 Å². The summed E-state index contributed by atoms with van der Waals surface area (Å²) < 4.78 is 11.8. The number of hydrogen-bond donors (Lipinski definition) is 0. The van der Waals surface area contributed by atoms with Gasteiger partial charge in [-0.25, -0.2) is 9.79 Å². The minimum absolute atomic E-state index is 0.287. The van der Waals surface area contributed by atoms with Gasteiger partial charge in [0.05, 0.1) is 6.61 Å². The van der Waals surface area contributed by atoms with E-state index < -0.39 is 5.97 Å². The lowest BCUT2D eigenvalue weighted by Crippen LogP contribution is -2.05. The van der Waals surface area contributed by atoms with Gasteiger partial charge in [-0.1, -0.05) is 47.5 Å². The average molecular weight is 400 g/mol. The molecule has 4 nitrogen and oxygen atoms in total. The van der Waals surface area contributed by atoms with Crippen LogP contribution in [-0.4, -0.2) is 18.5 Å². The molecule has 0 radical (unpaired) electrons. The van der Waals surface area contributed by atoms with Gasteiger partial charge in [-0.3, -0.25) is 0 Å². The van der Waals surface area contributed by atoms with Crippen molar-refractivity contribution < 1.29 is 14.3 Å². The van der Waals surface area contributed by atoms with Gasteiger partial charge in [0.2, 0.25) is 5.90 Å². The second-order valence-corrected chi connectivity index (χ2v) is 6.53. The van der Waals surface area contributed by atoms with Crippen LogP contribution in [0.1, 0.15) is 30.9 Å². The Morgan fingerprint density at radius 1 is 1.20 bits per heavy atom. The summed E-state index contributed by atoms with van der Waals surface area (Å²) in [6, 6.07) is 15.1. The number of benzene rings is 2. The molecule has 1 heterocycles. The van der Waals surface area contributed by atoms with E-state index in [4.69, 9.17) is 9.47 Å². The molecule has 0 saturated heterocycles. The lowest BCUT2D eigenvalue weighted by atomic mass is 10.2. The van der Waals surface area contributed by atoms with E-state index in [-0.39, 0.29) is 5.70 Å². The van der Waals surface area contributed by atoms with Crippen molar-refractivity contribution in [2.45, 2.75) is 19.8 Å². The van der Waals surface area contributed by atoms with Crippen molar-refractivity contribution in [1.82, 2.24) is 0 Å². The number of esters is 1. The topological polar surface area (TPSA) is 47.9 Å². The zero-order valence-corrected chi connectivity index (χ0v) is 15.5. The number of unbranched alkanes of at least 4 members (excludes halogenated alkanes) is 1. The highest BCUT2D eigenvalue weighted by atomic mass is 79.9. The molecule has 2 aromatic carbocycles. The molecule has 0 aromatic heterocycles. The van der Waals surface area contributed by atoms with Crippen LogP contribution in [0.3, 0.4) is 0 Å². The molecule has 0 N–H and O–H groups in total. The fraction of sp³-hybridized carbons (Fsp3) is 0.200. The molecule has 0 bridgehead atoms. The summed E-state index contributed by atoms with van der Waals surface area (Å²) in [5.41, 5.74) is 1.91. The van der Waals surface area contributed by atoms with Gasteiger partial charge in [-0.2, -0.15) is 0 Å². The fourth-order valence-electron chi connectivity index (χ4n) is 2.31. The van der Waals surface area contributed by atoms with Crippen LogP contribution in [0.5, 0.6) is 5.75 Å². The Morgan fingerprint density at radius 3 is 2.72 bits per heavy atom. The quantitative estimate of drug-likeness (QED) is 0.391. The predicted molar refractivity (Wildman–Crippen MR) is 102 cm³/mol. The maximum atomic E-state index is 12.0. The highest BCUT2D eigenvalue weighted by Gasteiger charge is 2.24. The van der Waals surface area contributed by atoms with Crippen molar-refractivity contribution in [3.63, 3.8) is 0 Å². The second-order valence-electron chi connectivity index (χ2n) is 5.62. The lowest BCUT2D eigenvalue weighted by molar-refractivity contribution is -0.129. The normalized spacial score (nSPS) is 15.2. The van der Waals surface area contributed by atoms with E-state index in [1.807, 2.05) is 48.5 Å². The Labute approximate surface area is 155 Å². The molecular formula is C20H18BrNO3. The molecule has 0 amide bonds. The van der Waals surface area contributed by atoms with Crippen LogP contribution in [0.2, 0.25) is 0 Å². The van der Waals surface area contributed by atoms with E-state index >= 15 is 0 Å². The number of halogens is 1. The van der Waals surface area contributed by atoms with Gasteiger partial charge in [0.25, 0.3) is 0 Å². The average Bonchev–Trinajstić information content (AvgIpc) is 2.97. The summed E-state index contributed by atoms with van der Waals surface area (Å²) in [5.74, 6) is 0.693. The van der Waals surface area contributed by atoms with E-state index in [0.717, 1.165) is 34.2 Å². The van der Waals surface area contributed by atoms with E-state index in [1.54, 1.807) is 6.08 Å². The first-order chi connectivity index (χ1) is 12.2. The largest absolute Gasteiger partial charge is 0.494 e. The summed E-state index contributed by atoms with van der Waals surface area (Å²) in [7, 11) is 0. The third-order valence-corrected chi connectivity index (χ3v) is 4.14. The number of rotatable bonds is 6. The van der Waals surface area contributed by atoms with Crippen LogP contribution in [0.4, 0.5) is 0 Å². The zero-order chi connectivity index (χ0) is 17.6. The van der Waals surface area contributed by atoms with Crippen molar-refractivity contribution in [2.75, 3.05) is 6.61 Å². The standard InChI is InChI=1S/C20H18BrNO3/c1-2-3-11-24-17-9-7-14(8-10-17)12-18-20(23)25-19(22-18)15-5-4-6-16(21)13-15/h4-10,12-13H,2-3,11H2,1H3/b18-12+. The summed E-state index contributed by atoms with van der Waals surface area (Å²) in [5, 5.41) is 0. The Balaban J connectivity index is 1.75. The van der Waals surface area contributed by atoms with Crippen molar-refractivity contribution in [3.05, 3.63) is 69.8 Å². The Hall–Kier alpha value is -2.40. The molecule has 1 aliphatic rings. The molecular weight excluding hydrogens is 382 g/mol. The number of hydrogen-bond acceptors (Lipinski definition) is 4. The summed E-state index contributed by atoms with van der Waals surface area (Å²) in [6.45, 7) is 2.84. The third kappa shape index (κ3) is 4.57. The van der Waals surface area contributed by atoms with Gasteiger partial charge in [-0.15, -0.1) is 0 Å². The van der Waals surface area contributed by atoms with Crippen molar-refractivity contribution >= 4 is 33.9 Å². The van der Waals surface area contributed by atoms with Gasteiger partial charge in [0.1, 0.15) is 5.75 Å². The highest BCUT2D eigenvalue weighted by molar-refractivity contribution is 9.10. The molecule has 5 heteroatoms. The molecule has 1 aliphatic heterocycles. The lowest BCUT2D eigenvalue weighted by Gasteiger charge is -2.05. The second kappa shape index (κ2) is 8.12. The number of cyclic esters (lactones) is 1. The smallest absolute Gasteiger partial charge is 0.363 e. The van der Waals surface area contributed by atoms with Gasteiger partial charge >= 0.3 is 5.97 Å². The van der Waals surface area contributed by atoms with Gasteiger partial charge in [0.15, 0.2) is 5.70 Å². The molecule has 0 saturated carbocycles. The third-order valence-electron chi connectivity index (χ3n) is 3.64. The van der Waals surface area contributed by atoms with Crippen LogP contribution < -0.4 is 4.74 Å². The monoisotopic (exact) mass is 399 g/mol. The number of carbonyl (C=O) groups is 1. The Morgan fingerprint density at radius 2 is 2.00 bits per heavy atom. The van der Waals surface area contributed by atoms with Gasteiger partial charge in [0, 0.05) is 10.0 Å². The first kappa shape index (κ1) is 17.4. The maximum absolute atomic E-state index is 12.0. The SMILES string of the molecule is CCCCOc1ccc(/C=C2/N=C(c3cccc(Br)c3)OC2=O)cc1. The zero-order valence-electron chi connectivity index (χ0n) is 13.9. The molecule has 0 fully saturated rings. The summed E-state index contributed by atoms with van der Waals surface area (Å²) >= 11 is 3.40. The number of aliphatic imine (C=N–C) groups is 1. The van der Waals surface area contributed by atoms with Crippen LogP contribution in [0, 0.1) is 0 Å². The van der Waals surface area contributed by atoms with E-state index in [1.165, 1.54) is 0 Å². The molecule has 2 aromatic rings. The molecule has 0 atom stereocenters. The van der Waals surface area contributed by atoms with E-state index in [2.05, 4.69) is 27.8 Å². The minimum atomic E-state index is -0.446. The number of carbonyl (C=O) groups excluding carboxylic acids is 1. The highest BCUT2D eigenvalue weighted by Crippen LogP contribution is 2.22. The molecule has 128 valence electrons. The number of nitrogens with zero attached hydrogens (tertiary/aromatic N) is 1. The van der Waals surface area contributed by atoms with Crippen molar-refractivity contribution in [2.24, 2.45) is 4.99 Å². The van der Waals surface area contributed by atoms with Gasteiger partial charge < -0.3 is 9.47 Å². The minimum Gasteiger partial charge on any atom is -0.494 e.